The summed E-state index contributed by atoms with van der Waals surface area (Å²) in [6.45, 7) is 0. The van der Waals surface area contributed by atoms with Crippen LogP contribution in [0.25, 0.3) is 10.4 Å². The Bertz CT molecular complexity index is 926. The molecule has 120 valence electrons. The number of ether oxygens (including phenoxy) is 1. The number of aromatic nitrogens is 1. The summed E-state index contributed by atoms with van der Waals surface area (Å²) in [6, 6.07) is 7.02. The van der Waals surface area contributed by atoms with E-state index in [0.29, 0.717) is 27.5 Å². The van der Waals surface area contributed by atoms with Gasteiger partial charge in [-0.25, -0.2) is 9.98 Å². The minimum Gasteiger partial charge on any atom is -0.455 e. The van der Waals surface area contributed by atoms with Gasteiger partial charge in [0.25, 0.3) is 0 Å². The van der Waals surface area contributed by atoms with Crippen LogP contribution in [0, 0.1) is 0 Å². The summed E-state index contributed by atoms with van der Waals surface area (Å²) in [7, 11) is 0. The number of hydrogen-bond donors (Lipinski definition) is 1. The topological polar surface area (TPSA) is 109 Å². The minimum atomic E-state index is -0.716. The fourth-order valence-corrected chi connectivity index (χ4v) is 4.08. The summed E-state index contributed by atoms with van der Waals surface area (Å²) in [5.41, 5.74) is 16.1. The van der Waals surface area contributed by atoms with E-state index in [1.807, 2.05) is 0 Å². The molecule has 0 fully saturated rings. The van der Waals surface area contributed by atoms with Crippen molar-refractivity contribution in [2.24, 2.45) is 15.8 Å². The number of thioether (sulfide) groups is 1. The first kappa shape index (κ1) is 15.1. The Balaban J connectivity index is 2.03. The van der Waals surface area contributed by atoms with Crippen molar-refractivity contribution in [3.05, 3.63) is 57.2 Å². The molecule has 1 aromatic heterocycles. The van der Waals surface area contributed by atoms with Crippen molar-refractivity contribution >= 4 is 34.2 Å². The zero-order valence-electron chi connectivity index (χ0n) is 12.3. The highest BCUT2D eigenvalue weighted by Crippen LogP contribution is 2.53. The maximum atomic E-state index is 8.71. The average Bonchev–Trinajstić information content (AvgIpc) is 2.57. The van der Waals surface area contributed by atoms with Crippen LogP contribution < -0.4 is 10.5 Å². The van der Waals surface area contributed by atoms with Crippen LogP contribution in [0.5, 0.6) is 11.5 Å². The first-order valence-corrected chi connectivity index (χ1v) is 8.50. The maximum Gasteiger partial charge on any atom is 0.155 e. The van der Waals surface area contributed by atoms with E-state index in [0.717, 1.165) is 23.3 Å². The largest absolute Gasteiger partial charge is 0.455 e. The van der Waals surface area contributed by atoms with Crippen molar-refractivity contribution in [3.8, 4) is 11.5 Å². The Morgan fingerprint density at radius 3 is 2.96 bits per heavy atom. The van der Waals surface area contributed by atoms with Crippen molar-refractivity contribution in [2.75, 3.05) is 5.75 Å². The normalized spacial score (nSPS) is 21.1. The Hall–Kier alpha value is -2.41. The summed E-state index contributed by atoms with van der Waals surface area (Å²) in [6.07, 6.45) is 2.32. The number of rotatable bonds is 1. The van der Waals surface area contributed by atoms with E-state index in [1.165, 1.54) is 11.8 Å². The van der Waals surface area contributed by atoms with Crippen molar-refractivity contribution < 1.29 is 4.74 Å². The number of amidine groups is 1. The number of nitrogens with two attached hydrogens (primary N) is 1. The summed E-state index contributed by atoms with van der Waals surface area (Å²) in [4.78, 5) is 11.7. The Kier molecular flexibility index (Phi) is 3.53. The second kappa shape index (κ2) is 5.59. The molecule has 9 heteroatoms. The van der Waals surface area contributed by atoms with Crippen LogP contribution in [0.4, 0.5) is 5.69 Å². The first-order chi connectivity index (χ1) is 11.6. The molecule has 2 aliphatic rings. The molecule has 0 amide bonds. The lowest BCUT2D eigenvalue weighted by Gasteiger charge is -2.39. The Morgan fingerprint density at radius 1 is 1.33 bits per heavy atom. The van der Waals surface area contributed by atoms with E-state index >= 15 is 0 Å². The molecule has 7 nitrogen and oxygen atoms in total. The molecule has 0 saturated carbocycles. The zero-order chi connectivity index (χ0) is 16.7. The van der Waals surface area contributed by atoms with E-state index in [2.05, 4.69) is 15.0 Å². The van der Waals surface area contributed by atoms with Crippen LogP contribution >= 0.6 is 23.4 Å². The number of hydrogen-bond acceptors (Lipinski definition) is 6. The molecule has 2 N–H and O–H groups in total. The molecule has 0 bridgehead atoms. The van der Waals surface area contributed by atoms with E-state index in [4.69, 9.17) is 32.6 Å². The molecule has 2 aliphatic heterocycles. The number of pyridine rings is 1. The molecule has 24 heavy (non-hydrogen) atoms. The fourth-order valence-electron chi connectivity index (χ4n) is 3.10. The molecule has 1 aromatic carbocycles. The van der Waals surface area contributed by atoms with Gasteiger partial charge in [-0.3, -0.25) is 0 Å². The quantitative estimate of drug-likeness (QED) is 0.350. The molecular weight excluding hydrogens is 348 g/mol. The van der Waals surface area contributed by atoms with Gasteiger partial charge in [-0.15, -0.1) is 0 Å². The lowest BCUT2D eigenvalue weighted by Crippen LogP contribution is -2.35. The molecule has 1 unspecified atom stereocenters. The van der Waals surface area contributed by atoms with Crippen LogP contribution in [-0.4, -0.2) is 15.9 Å². The van der Waals surface area contributed by atoms with Gasteiger partial charge in [0.2, 0.25) is 0 Å². The van der Waals surface area contributed by atoms with Gasteiger partial charge in [0.1, 0.15) is 16.4 Å². The third kappa shape index (κ3) is 2.27. The maximum absolute atomic E-state index is 8.71. The highest BCUT2D eigenvalue weighted by molar-refractivity contribution is 8.13. The number of benzene rings is 1. The summed E-state index contributed by atoms with van der Waals surface area (Å²) >= 11 is 7.62. The summed E-state index contributed by atoms with van der Waals surface area (Å²) in [5.74, 6) is 2.05. The predicted molar refractivity (Wildman–Crippen MR) is 94.0 cm³/mol. The molecule has 0 radical (unpaired) electrons. The van der Waals surface area contributed by atoms with Gasteiger partial charge < -0.3 is 10.5 Å². The van der Waals surface area contributed by atoms with Gasteiger partial charge in [-0.05, 0) is 36.2 Å². The molecule has 1 spiro atoms. The van der Waals surface area contributed by atoms with Crippen molar-refractivity contribution in [1.82, 2.24) is 4.98 Å². The van der Waals surface area contributed by atoms with Gasteiger partial charge in [0.15, 0.2) is 10.9 Å². The van der Waals surface area contributed by atoms with Crippen LogP contribution in [-0.2, 0) is 5.54 Å². The molecular formula is C15H11ClN6OS. The summed E-state index contributed by atoms with van der Waals surface area (Å²) < 4.78 is 5.96. The third-order valence-corrected chi connectivity index (χ3v) is 5.09. The standard InChI is InChI=1S/C15H11ClN6OS/c16-13-6-10-12(7-19-13)23-11-2-1-8(21-22-18)5-9(11)15(10)3-4-24-14(17)20-15/h1-2,5-7H,3-4H2,(H2,17,20). The van der Waals surface area contributed by atoms with Crippen molar-refractivity contribution in [3.63, 3.8) is 0 Å². The number of fused-ring (bicyclic) bond motifs is 4. The van der Waals surface area contributed by atoms with E-state index < -0.39 is 5.54 Å². The van der Waals surface area contributed by atoms with Crippen molar-refractivity contribution in [1.29, 1.82) is 0 Å². The average molecular weight is 359 g/mol. The fraction of sp³-hybridized carbons (Fsp3) is 0.200. The lowest BCUT2D eigenvalue weighted by molar-refractivity contribution is 0.389. The highest BCUT2D eigenvalue weighted by atomic mass is 35.5. The molecule has 0 saturated heterocycles. The smallest absolute Gasteiger partial charge is 0.155 e. The van der Waals surface area contributed by atoms with Gasteiger partial charge in [-0.2, -0.15) is 0 Å². The lowest BCUT2D eigenvalue weighted by atomic mass is 9.79. The van der Waals surface area contributed by atoms with Crippen LogP contribution in [0.3, 0.4) is 0 Å². The van der Waals surface area contributed by atoms with Crippen LogP contribution in [0.15, 0.2) is 40.6 Å². The second-order valence-electron chi connectivity index (χ2n) is 5.38. The zero-order valence-corrected chi connectivity index (χ0v) is 13.9. The van der Waals surface area contributed by atoms with Gasteiger partial charge in [0.05, 0.1) is 6.20 Å². The van der Waals surface area contributed by atoms with E-state index in [9.17, 15) is 0 Å². The number of azide groups is 1. The summed E-state index contributed by atoms with van der Waals surface area (Å²) in [5, 5.41) is 4.55. The SMILES string of the molecule is [N-]=[N+]=Nc1ccc2c(c1)C1(CCSC(N)=N1)c1cc(Cl)ncc1O2. The van der Waals surface area contributed by atoms with E-state index in [-0.39, 0.29) is 0 Å². The molecule has 0 aliphatic carbocycles. The number of nitrogens with zero attached hydrogens (tertiary/aromatic N) is 5. The Morgan fingerprint density at radius 2 is 2.17 bits per heavy atom. The van der Waals surface area contributed by atoms with Crippen molar-refractivity contribution in [2.45, 2.75) is 12.0 Å². The monoisotopic (exact) mass is 358 g/mol. The molecule has 2 aromatic rings. The Labute approximate surface area is 146 Å². The third-order valence-electron chi connectivity index (χ3n) is 4.08. The second-order valence-corrected chi connectivity index (χ2v) is 6.89. The highest BCUT2D eigenvalue weighted by Gasteiger charge is 2.44. The van der Waals surface area contributed by atoms with Crippen LogP contribution in [0.2, 0.25) is 5.15 Å². The number of aliphatic imine (C=N–C) groups is 1. The van der Waals surface area contributed by atoms with Gasteiger partial charge in [-0.1, -0.05) is 28.5 Å². The molecule has 3 heterocycles. The predicted octanol–water partition coefficient (Wildman–Crippen LogP) is 4.48. The van der Waals surface area contributed by atoms with Gasteiger partial charge in [0, 0.05) is 27.5 Å². The van der Waals surface area contributed by atoms with E-state index in [1.54, 1.807) is 30.5 Å². The van der Waals surface area contributed by atoms with Crippen LogP contribution in [0.1, 0.15) is 17.5 Å². The molecule has 4 rings (SSSR count). The van der Waals surface area contributed by atoms with Gasteiger partial charge >= 0.3 is 0 Å². The minimum absolute atomic E-state index is 0.360. The molecule has 1 atom stereocenters. The first-order valence-electron chi connectivity index (χ1n) is 7.14. The number of halogens is 1.